The first-order valence-corrected chi connectivity index (χ1v) is 5.85. The van der Waals surface area contributed by atoms with Crippen LogP contribution >= 0.6 is 0 Å². The number of halogens is 1. The zero-order valence-electron chi connectivity index (χ0n) is 9.71. The topological polar surface area (TPSA) is 65.3 Å². The number of nitrogens with zero attached hydrogens (tertiary/aromatic N) is 2. The fourth-order valence-corrected chi connectivity index (χ4v) is 2.17. The van der Waals surface area contributed by atoms with E-state index in [9.17, 15) is 9.50 Å². The molecule has 2 aromatic rings. The Bertz CT molecular complexity index is 501. The van der Waals surface area contributed by atoms with Gasteiger partial charge in [-0.2, -0.15) is 5.10 Å². The van der Waals surface area contributed by atoms with Crippen molar-refractivity contribution in [2.45, 2.75) is 18.8 Å². The van der Waals surface area contributed by atoms with Gasteiger partial charge in [0, 0.05) is 19.3 Å². The average Bonchev–Trinajstić information content (AvgIpc) is 3.02. The number of nitrogens with one attached hydrogen (secondary N) is 1. The van der Waals surface area contributed by atoms with Crippen LogP contribution in [0.3, 0.4) is 0 Å². The highest BCUT2D eigenvalue weighted by Gasteiger charge is 2.31. The maximum atomic E-state index is 13.2. The van der Waals surface area contributed by atoms with Crippen LogP contribution < -0.4 is 0 Å². The van der Waals surface area contributed by atoms with Crippen molar-refractivity contribution in [3.05, 3.63) is 30.2 Å². The van der Waals surface area contributed by atoms with Gasteiger partial charge < -0.3 is 9.52 Å². The maximum Gasteiger partial charge on any atom is 0.152 e. The third-order valence-electron chi connectivity index (χ3n) is 3.10. The van der Waals surface area contributed by atoms with Crippen LogP contribution in [0.1, 0.15) is 5.76 Å². The smallest absolute Gasteiger partial charge is 0.152 e. The molecular formula is C12H14FN3O2. The molecular weight excluding hydrogens is 237 g/mol. The SMILES string of the molecule is O[C@@H]1CN(Cc2ccc(-c3ccn[nH]3)o2)C[C@H]1F. The predicted molar refractivity (Wildman–Crippen MR) is 62.5 cm³/mol. The zero-order chi connectivity index (χ0) is 12.5. The number of likely N-dealkylation sites (tertiary alicyclic amines) is 1. The zero-order valence-corrected chi connectivity index (χ0v) is 9.71. The first-order chi connectivity index (χ1) is 8.72. The van der Waals surface area contributed by atoms with Crippen molar-refractivity contribution >= 4 is 0 Å². The fraction of sp³-hybridized carbons (Fsp3) is 0.417. The summed E-state index contributed by atoms with van der Waals surface area (Å²) in [7, 11) is 0. The van der Waals surface area contributed by atoms with Gasteiger partial charge in [-0.05, 0) is 18.2 Å². The third-order valence-corrected chi connectivity index (χ3v) is 3.10. The molecule has 1 aliphatic rings. The van der Waals surface area contributed by atoms with Gasteiger partial charge in [0.15, 0.2) is 5.76 Å². The molecule has 0 bridgehead atoms. The molecule has 0 aliphatic carbocycles. The van der Waals surface area contributed by atoms with Crippen molar-refractivity contribution in [3.63, 3.8) is 0 Å². The summed E-state index contributed by atoms with van der Waals surface area (Å²) in [4.78, 5) is 1.84. The highest BCUT2D eigenvalue weighted by molar-refractivity contribution is 5.51. The highest BCUT2D eigenvalue weighted by Crippen LogP contribution is 2.22. The molecule has 3 heterocycles. The Balaban J connectivity index is 1.68. The Morgan fingerprint density at radius 3 is 3.00 bits per heavy atom. The second kappa shape index (κ2) is 4.55. The van der Waals surface area contributed by atoms with Gasteiger partial charge in [0.05, 0.1) is 12.6 Å². The standard InChI is InChI=1S/C12H14FN3O2/c13-9-6-16(7-11(9)17)5-8-1-2-12(18-8)10-3-4-14-15-10/h1-4,9,11,17H,5-7H2,(H,14,15)/t9-,11-/m1/s1. The highest BCUT2D eigenvalue weighted by atomic mass is 19.1. The molecule has 3 rings (SSSR count). The second-order valence-corrected chi connectivity index (χ2v) is 4.51. The summed E-state index contributed by atoms with van der Waals surface area (Å²) in [6.45, 7) is 1.11. The van der Waals surface area contributed by atoms with E-state index in [1.807, 2.05) is 23.1 Å². The maximum absolute atomic E-state index is 13.2. The molecule has 0 aromatic carbocycles. The van der Waals surface area contributed by atoms with Gasteiger partial charge >= 0.3 is 0 Å². The van der Waals surface area contributed by atoms with E-state index in [2.05, 4.69) is 10.2 Å². The van der Waals surface area contributed by atoms with Crippen LogP contribution in [0.2, 0.25) is 0 Å². The molecule has 5 nitrogen and oxygen atoms in total. The summed E-state index contributed by atoms with van der Waals surface area (Å²) in [6.07, 6.45) is -0.388. The number of hydrogen-bond acceptors (Lipinski definition) is 4. The van der Waals surface area contributed by atoms with Crippen LogP contribution in [0.25, 0.3) is 11.5 Å². The molecule has 0 unspecified atom stereocenters. The van der Waals surface area contributed by atoms with Crippen LogP contribution in [0.4, 0.5) is 4.39 Å². The summed E-state index contributed by atoms with van der Waals surface area (Å²) in [5, 5.41) is 16.0. The van der Waals surface area contributed by atoms with Crippen LogP contribution in [0.5, 0.6) is 0 Å². The van der Waals surface area contributed by atoms with E-state index < -0.39 is 12.3 Å². The van der Waals surface area contributed by atoms with Crippen LogP contribution in [-0.4, -0.2) is 45.6 Å². The predicted octanol–water partition coefficient (Wildman–Crippen LogP) is 1.18. The van der Waals surface area contributed by atoms with Crippen molar-refractivity contribution < 1.29 is 13.9 Å². The molecule has 0 saturated carbocycles. The van der Waals surface area contributed by atoms with Crippen LogP contribution in [0.15, 0.2) is 28.8 Å². The number of hydrogen-bond donors (Lipinski definition) is 2. The lowest BCUT2D eigenvalue weighted by molar-refractivity contribution is 0.115. The number of aromatic nitrogens is 2. The van der Waals surface area contributed by atoms with Gasteiger partial charge in [0.25, 0.3) is 0 Å². The molecule has 0 spiro atoms. The molecule has 2 N–H and O–H groups in total. The van der Waals surface area contributed by atoms with Crippen molar-refractivity contribution in [1.82, 2.24) is 15.1 Å². The summed E-state index contributed by atoms with van der Waals surface area (Å²) >= 11 is 0. The summed E-state index contributed by atoms with van der Waals surface area (Å²) in [5.74, 6) is 1.46. The Labute approximate surface area is 103 Å². The van der Waals surface area contributed by atoms with Gasteiger partial charge in [0.1, 0.15) is 17.6 Å². The number of rotatable bonds is 3. The molecule has 18 heavy (non-hydrogen) atoms. The Morgan fingerprint density at radius 2 is 2.33 bits per heavy atom. The first-order valence-electron chi connectivity index (χ1n) is 5.85. The van der Waals surface area contributed by atoms with E-state index in [1.165, 1.54) is 0 Å². The monoisotopic (exact) mass is 251 g/mol. The molecule has 6 heteroatoms. The third kappa shape index (κ3) is 2.16. The van der Waals surface area contributed by atoms with Crippen molar-refractivity contribution in [2.75, 3.05) is 13.1 Å². The van der Waals surface area contributed by atoms with E-state index in [0.717, 1.165) is 11.5 Å². The molecule has 0 amide bonds. The molecule has 0 radical (unpaired) electrons. The van der Waals surface area contributed by atoms with Crippen LogP contribution in [0, 0.1) is 0 Å². The second-order valence-electron chi connectivity index (χ2n) is 4.51. The molecule has 1 fully saturated rings. The van der Waals surface area contributed by atoms with Gasteiger partial charge in [-0.1, -0.05) is 0 Å². The van der Waals surface area contributed by atoms with E-state index in [1.54, 1.807) is 6.20 Å². The minimum Gasteiger partial charge on any atom is -0.458 e. The van der Waals surface area contributed by atoms with Gasteiger partial charge in [-0.3, -0.25) is 10.00 Å². The molecule has 1 saturated heterocycles. The van der Waals surface area contributed by atoms with Crippen molar-refractivity contribution in [1.29, 1.82) is 0 Å². The van der Waals surface area contributed by atoms with Crippen LogP contribution in [-0.2, 0) is 6.54 Å². The largest absolute Gasteiger partial charge is 0.458 e. The molecule has 1 aliphatic heterocycles. The number of alkyl halides is 1. The fourth-order valence-electron chi connectivity index (χ4n) is 2.17. The minimum absolute atomic E-state index is 0.251. The normalized spacial score (nSPS) is 24.8. The Morgan fingerprint density at radius 1 is 1.44 bits per heavy atom. The van der Waals surface area contributed by atoms with E-state index in [0.29, 0.717) is 18.8 Å². The summed E-state index contributed by atoms with van der Waals surface area (Å²) in [5.41, 5.74) is 0.811. The number of aromatic amines is 1. The van der Waals surface area contributed by atoms with Crippen molar-refractivity contribution in [2.24, 2.45) is 0 Å². The summed E-state index contributed by atoms with van der Waals surface area (Å²) in [6, 6.07) is 5.52. The number of β-amino-alcohol motifs (C(OH)–C–C–N with tert-alkyl or cyclic N) is 1. The molecule has 2 aromatic heterocycles. The number of furan rings is 1. The lowest BCUT2D eigenvalue weighted by atomic mass is 10.3. The first kappa shape index (κ1) is 11.4. The molecule has 96 valence electrons. The van der Waals surface area contributed by atoms with Gasteiger partial charge in [-0.15, -0.1) is 0 Å². The average molecular weight is 251 g/mol. The van der Waals surface area contributed by atoms with E-state index in [4.69, 9.17) is 4.42 Å². The van der Waals surface area contributed by atoms with Crippen molar-refractivity contribution in [3.8, 4) is 11.5 Å². The lowest BCUT2D eigenvalue weighted by Crippen LogP contribution is -2.21. The van der Waals surface area contributed by atoms with Gasteiger partial charge in [-0.25, -0.2) is 4.39 Å². The number of aliphatic hydroxyl groups is 1. The van der Waals surface area contributed by atoms with E-state index in [-0.39, 0.29) is 6.54 Å². The quantitative estimate of drug-likeness (QED) is 0.859. The Kier molecular flexibility index (Phi) is 2.89. The van der Waals surface area contributed by atoms with E-state index >= 15 is 0 Å². The number of aliphatic hydroxyl groups excluding tert-OH is 1. The minimum atomic E-state index is -1.16. The van der Waals surface area contributed by atoms with Gasteiger partial charge in [0.2, 0.25) is 0 Å². The number of H-pyrrole nitrogens is 1. The lowest BCUT2D eigenvalue weighted by Gasteiger charge is -2.11. The molecule has 2 atom stereocenters. The summed E-state index contributed by atoms with van der Waals surface area (Å²) < 4.78 is 18.8. The Hall–Kier alpha value is -1.66.